The minimum absolute atomic E-state index is 0.107. The summed E-state index contributed by atoms with van der Waals surface area (Å²) in [4.78, 5) is 0. The van der Waals surface area contributed by atoms with Crippen LogP contribution in [0.2, 0.25) is 0 Å². The van der Waals surface area contributed by atoms with Crippen LogP contribution >= 0.6 is 15.9 Å². The molecule has 3 heteroatoms. The highest BCUT2D eigenvalue weighted by atomic mass is 79.9. The van der Waals surface area contributed by atoms with Crippen LogP contribution in [0.25, 0.3) is 0 Å². The van der Waals surface area contributed by atoms with Crippen LogP contribution < -0.4 is 5.32 Å². The largest absolute Gasteiger partial charge is 0.314 e. The molecule has 1 aliphatic rings. The van der Waals surface area contributed by atoms with Crippen molar-refractivity contribution in [3.8, 4) is 0 Å². The Bertz CT molecular complexity index is 334. The van der Waals surface area contributed by atoms with Crippen LogP contribution in [0.4, 0.5) is 4.39 Å². The lowest BCUT2D eigenvalue weighted by atomic mass is 9.97. The van der Waals surface area contributed by atoms with Crippen molar-refractivity contribution >= 4 is 15.9 Å². The molecular weight excluding hydrogens is 257 g/mol. The van der Waals surface area contributed by atoms with Gasteiger partial charge >= 0.3 is 0 Å². The predicted molar refractivity (Wildman–Crippen MR) is 63.4 cm³/mol. The van der Waals surface area contributed by atoms with E-state index in [1.165, 1.54) is 12.8 Å². The van der Waals surface area contributed by atoms with E-state index in [0.717, 1.165) is 24.9 Å². The highest BCUT2D eigenvalue weighted by Crippen LogP contribution is 2.21. The molecule has 1 aliphatic heterocycles. The number of nitrogens with one attached hydrogen (secondary N) is 1. The zero-order chi connectivity index (χ0) is 10.7. The monoisotopic (exact) mass is 271 g/mol. The van der Waals surface area contributed by atoms with Crippen LogP contribution in [0.15, 0.2) is 22.7 Å². The Morgan fingerprint density at radius 1 is 1.40 bits per heavy atom. The van der Waals surface area contributed by atoms with Crippen LogP contribution in [0.1, 0.15) is 24.8 Å². The van der Waals surface area contributed by atoms with E-state index in [1.54, 1.807) is 6.07 Å². The number of benzene rings is 1. The van der Waals surface area contributed by atoms with Gasteiger partial charge in [-0.3, -0.25) is 0 Å². The van der Waals surface area contributed by atoms with E-state index in [1.807, 2.05) is 12.1 Å². The molecule has 2 rings (SSSR count). The molecule has 0 radical (unpaired) electrons. The van der Waals surface area contributed by atoms with E-state index in [2.05, 4.69) is 21.2 Å². The van der Waals surface area contributed by atoms with E-state index < -0.39 is 0 Å². The highest BCUT2D eigenvalue weighted by Gasteiger charge is 2.15. The molecule has 15 heavy (non-hydrogen) atoms. The lowest BCUT2D eigenvalue weighted by Gasteiger charge is -2.23. The summed E-state index contributed by atoms with van der Waals surface area (Å²) in [6, 6.07) is 5.96. The van der Waals surface area contributed by atoms with Crippen LogP contribution in [0, 0.1) is 5.82 Å². The van der Waals surface area contributed by atoms with Gasteiger partial charge in [0.2, 0.25) is 0 Å². The van der Waals surface area contributed by atoms with Gasteiger partial charge in [-0.25, -0.2) is 4.39 Å². The maximum atomic E-state index is 13.7. The summed E-state index contributed by atoms with van der Waals surface area (Å²) < 4.78 is 14.2. The Morgan fingerprint density at radius 2 is 2.27 bits per heavy atom. The van der Waals surface area contributed by atoms with Gasteiger partial charge in [0.15, 0.2) is 0 Å². The molecule has 0 aromatic heterocycles. The molecule has 1 saturated heterocycles. The summed E-state index contributed by atoms with van der Waals surface area (Å²) >= 11 is 3.22. The summed E-state index contributed by atoms with van der Waals surface area (Å²) in [5.41, 5.74) is 0.809. The lowest BCUT2D eigenvalue weighted by molar-refractivity contribution is 0.395. The quantitative estimate of drug-likeness (QED) is 0.871. The normalized spacial score (nSPS) is 21.6. The first-order valence-electron chi connectivity index (χ1n) is 5.43. The minimum Gasteiger partial charge on any atom is -0.314 e. The third-order valence-corrected chi connectivity index (χ3v) is 3.52. The molecule has 0 spiro atoms. The van der Waals surface area contributed by atoms with Gasteiger partial charge in [-0.05, 0) is 53.4 Å². The van der Waals surface area contributed by atoms with Crippen LogP contribution in [0.5, 0.6) is 0 Å². The van der Waals surface area contributed by atoms with Crippen molar-refractivity contribution in [3.05, 3.63) is 34.1 Å². The van der Waals surface area contributed by atoms with Crippen molar-refractivity contribution in [2.45, 2.75) is 31.7 Å². The Balaban J connectivity index is 2.06. The number of piperidine rings is 1. The zero-order valence-corrected chi connectivity index (χ0v) is 10.2. The van der Waals surface area contributed by atoms with Gasteiger partial charge in [-0.1, -0.05) is 18.6 Å². The topological polar surface area (TPSA) is 12.0 Å². The van der Waals surface area contributed by atoms with Crippen molar-refractivity contribution in [3.63, 3.8) is 0 Å². The van der Waals surface area contributed by atoms with Gasteiger partial charge in [-0.2, -0.15) is 0 Å². The SMILES string of the molecule is Fc1c(Br)cccc1CC1CCCCN1. The van der Waals surface area contributed by atoms with Crippen molar-refractivity contribution in [2.75, 3.05) is 6.54 Å². The standard InChI is InChI=1S/C12H15BrFN/c13-11-6-3-4-9(12(11)14)8-10-5-1-2-7-15-10/h3-4,6,10,15H,1-2,5,7-8H2. The van der Waals surface area contributed by atoms with Crippen molar-refractivity contribution in [1.82, 2.24) is 5.32 Å². The first-order valence-corrected chi connectivity index (χ1v) is 6.23. The average molecular weight is 272 g/mol. The third-order valence-electron chi connectivity index (χ3n) is 2.91. The fourth-order valence-corrected chi connectivity index (χ4v) is 2.48. The van der Waals surface area contributed by atoms with E-state index >= 15 is 0 Å². The molecule has 0 aliphatic carbocycles. The minimum atomic E-state index is -0.107. The second-order valence-electron chi connectivity index (χ2n) is 4.06. The molecule has 0 bridgehead atoms. The van der Waals surface area contributed by atoms with E-state index in [9.17, 15) is 4.39 Å². The van der Waals surface area contributed by atoms with Gasteiger partial charge < -0.3 is 5.32 Å². The van der Waals surface area contributed by atoms with Gasteiger partial charge in [0.25, 0.3) is 0 Å². The van der Waals surface area contributed by atoms with Crippen molar-refractivity contribution in [1.29, 1.82) is 0 Å². The number of rotatable bonds is 2. The van der Waals surface area contributed by atoms with Crippen LogP contribution in [-0.2, 0) is 6.42 Å². The number of hydrogen-bond acceptors (Lipinski definition) is 1. The molecule has 1 heterocycles. The Kier molecular flexibility index (Phi) is 3.76. The van der Waals surface area contributed by atoms with Crippen LogP contribution in [-0.4, -0.2) is 12.6 Å². The smallest absolute Gasteiger partial charge is 0.140 e. The molecule has 1 N–H and O–H groups in total. The molecule has 1 aromatic rings. The molecule has 82 valence electrons. The first-order chi connectivity index (χ1) is 7.27. The molecule has 0 amide bonds. The van der Waals surface area contributed by atoms with Gasteiger partial charge in [-0.15, -0.1) is 0 Å². The highest BCUT2D eigenvalue weighted by molar-refractivity contribution is 9.10. The molecule has 1 fully saturated rings. The van der Waals surface area contributed by atoms with Crippen LogP contribution in [0.3, 0.4) is 0 Å². The average Bonchev–Trinajstić information content (AvgIpc) is 2.26. The predicted octanol–water partition coefficient (Wildman–Crippen LogP) is 3.27. The van der Waals surface area contributed by atoms with Gasteiger partial charge in [0.05, 0.1) is 4.47 Å². The fourth-order valence-electron chi connectivity index (χ4n) is 2.07. The molecule has 1 nitrogen and oxygen atoms in total. The van der Waals surface area contributed by atoms with Gasteiger partial charge in [0.1, 0.15) is 5.82 Å². The van der Waals surface area contributed by atoms with Crippen molar-refractivity contribution < 1.29 is 4.39 Å². The molecule has 0 saturated carbocycles. The summed E-state index contributed by atoms with van der Waals surface area (Å²) in [6.45, 7) is 1.07. The Hall–Kier alpha value is -0.410. The lowest BCUT2D eigenvalue weighted by Crippen LogP contribution is -2.35. The van der Waals surface area contributed by atoms with Crippen molar-refractivity contribution in [2.24, 2.45) is 0 Å². The Morgan fingerprint density at radius 3 is 3.00 bits per heavy atom. The second kappa shape index (κ2) is 5.08. The molecule has 1 aromatic carbocycles. The summed E-state index contributed by atoms with van der Waals surface area (Å²) in [5.74, 6) is -0.107. The zero-order valence-electron chi connectivity index (χ0n) is 8.60. The summed E-state index contributed by atoms with van der Waals surface area (Å²) in [5, 5.41) is 3.43. The first kappa shape index (κ1) is 11.1. The molecular formula is C12H15BrFN. The summed E-state index contributed by atoms with van der Waals surface area (Å²) in [7, 11) is 0. The maximum Gasteiger partial charge on any atom is 0.140 e. The van der Waals surface area contributed by atoms with E-state index in [4.69, 9.17) is 0 Å². The number of halogens is 2. The van der Waals surface area contributed by atoms with Gasteiger partial charge in [0, 0.05) is 6.04 Å². The molecule has 1 atom stereocenters. The van der Waals surface area contributed by atoms with E-state index in [-0.39, 0.29) is 5.82 Å². The fraction of sp³-hybridized carbons (Fsp3) is 0.500. The summed E-state index contributed by atoms with van der Waals surface area (Å²) in [6.07, 6.45) is 4.46. The second-order valence-corrected chi connectivity index (χ2v) is 4.92. The maximum absolute atomic E-state index is 13.7. The number of hydrogen-bond donors (Lipinski definition) is 1. The Labute approximate surface area is 98.2 Å². The van der Waals surface area contributed by atoms with E-state index in [0.29, 0.717) is 10.5 Å². The third kappa shape index (κ3) is 2.79. The molecule has 1 unspecified atom stereocenters.